The summed E-state index contributed by atoms with van der Waals surface area (Å²) in [5.41, 5.74) is 4.99. The van der Waals surface area contributed by atoms with E-state index in [1.165, 1.54) is 18.6 Å². The summed E-state index contributed by atoms with van der Waals surface area (Å²) in [6, 6.07) is 8.03. The lowest BCUT2D eigenvalue weighted by molar-refractivity contribution is 0.0695. The van der Waals surface area contributed by atoms with Gasteiger partial charge in [0, 0.05) is 19.3 Å². The van der Waals surface area contributed by atoms with Crippen LogP contribution in [-0.2, 0) is 0 Å². The van der Waals surface area contributed by atoms with Gasteiger partial charge in [0.1, 0.15) is 0 Å². The molecule has 1 aromatic carbocycles. The molecule has 0 radical (unpaired) electrons. The van der Waals surface area contributed by atoms with Gasteiger partial charge >= 0.3 is 11.9 Å². The summed E-state index contributed by atoms with van der Waals surface area (Å²) < 4.78 is 0. The molecule has 2 heterocycles. The number of benzene rings is 1. The summed E-state index contributed by atoms with van der Waals surface area (Å²) in [4.78, 5) is 25.1. The lowest BCUT2D eigenvalue weighted by Crippen LogP contribution is -2.30. The predicted octanol–water partition coefficient (Wildman–Crippen LogP) is 2.19. The average molecular weight is 329 g/mol. The molecule has 1 fully saturated rings. The summed E-state index contributed by atoms with van der Waals surface area (Å²) in [6.45, 7) is 3.79. The zero-order valence-corrected chi connectivity index (χ0v) is 13.3. The van der Waals surface area contributed by atoms with E-state index < -0.39 is 11.9 Å². The van der Waals surface area contributed by atoms with E-state index in [2.05, 4.69) is 21.5 Å². The number of aromatic nitrogens is 1. The van der Waals surface area contributed by atoms with Crippen LogP contribution in [0.25, 0.3) is 0 Å². The van der Waals surface area contributed by atoms with Gasteiger partial charge in [-0.3, -0.25) is 4.98 Å². The molecule has 126 valence electrons. The average Bonchev–Trinajstić information content (AvgIpc) is 3.11. The van der Waals surface area contributed by atoms with Crippen LogP contribution in [0.3, 0.4) is 0 Å². The largest absolute Gasteiger partial charge is 0.478 e. The number of nitrogens with one attached hydrogen (secondary N) is 1. The molecule has 2 aromatic rings. The Hall–Kier alpha value is -2.93. The number of nitrogens with zero attached hydrogens (tertiary/aromatic N) is 2. The second kappa shape index (κ2) is 8.07. The van der Waals surface area contributed by atoms with Crippen molar-refractivity contribution in [3.05, 3.63) is 59.4 Å². The van der Waals surface area contributed by atoms with E-state index in [0.29, 0.717) is 5.56 Å². The van der Waals surface area contributed by atoms with E-state index in [1.807, 2.05) is 12.3 Å². The fraction of sp³-hybridized carbons (Fsp3) is 0.235. The molecular formula is C17H19N3O4. The molecule has 1 saturated heterocycles. The van der Waals surface area contributed by atoms with Gasteiger partial charge in [0.25, 0.3) is 0 Å². The SMILES string of the molecule is Cc1ccc(C(=O)O)cc1C(=O)O.c1cncc(N2CCCN2)c1. The topological polar surface area (TPSA) is 103 Å². The molecule has 0 aliphatic carbocycles. The van der Waals surface area contributed by atoms with Crippen molar-refractivity contribution in [2.75, 3.05) is 18.1 Å². The minimum absolute atomic E-state index is 0.0111. The Bertz CT molecular complexity index is 713. The number of carbonyl (C=O) groups is 2. The number of hydrogen-bond acceptors (Lipinski definition) is 5. The van der Waals surface area contributed by atoms with E-state index in [9.17, 15) is 9.59 Å². The van der Waals surface area contributed by atoms with Crippen LogP contribution in [0.1, 0.15) is 32.7 Å². The van der Waals surface area contributed by atoms with Crippen LogP contribution >= 0.6 is 0 Å². The van der Waals surface area contributed by atoms with Gasteiger partial charge in [-0.05, 0) is 43.2 Å². The Morgan fingerprint density at radius 2 is 2.00 bits per heavy atom. The number of hydrogen-bond donors (Lipinski definition) is 3. The number of pyridine rings is 1. The van der Waals surface area contributed by atoms with Gasteiger partial charge in [-0.15, -0.1) is 0 Å². The minimum Gasteiger partial charge on any atom is -0.478 e. The van der Waals surface area contributed by atoms with Crippen molar-refractivity contribution in [1.82, 2.24) is 10.4 Å². The monoisotopic (exact) mass is 329 g/mol. The van der Waals surface area contributed by atoms with Crippen LogP contribution in [-0.4, -0.2) is 40.2 Å². The smallest absolute Gasteiger partial charge is 0.335 e. The number of aryl methyl sites for hydroxylation is 1. The molecule has 0 saturated carbocycles. The lowest BCUT2D eigenvalue weighted by atomic mass is 10.1. The quantitative estimate of drug-likeness (QED) is 0.793. The highest BCUT2D eigenvalue weighted by molar-refractivity contribution is 5.94. The Labute approximate surface area is 139 Å². The van der Waals surface area contributed by atoms with Gasteiger partial charge in [-0.25, -0.2) is 15.0 Å². The molecule has 0 atom stereocenters. The number of anilines is 1. The summed E-state index contributed by atoms with van der Waals surface area (Å²) in [7, 11) is 0. The predicted molar refractivity (Wildman–Crippen MR) is 89.3 cm³/mol. The Kier molecular flexibility index (Phi) is 5.86. The fourth-order valence-corrected chi connectivity index (χ4v) is 2.25. The summed E-state index contributed by atoms with van der Waals surface area (Å²) >= 11 is 0. The van der Waals surface area contributed by atoms with Gasteiger partial charge in [0.15, 0.2) is 0 Å². The molecule has 7 nitrogen and oxygen atoms in total. The number of aromatic carboxylic acids is 2. The first-order chi connectivity index (χ1) is 11.5. The second-order valence-corrected chi connectivity index (χ2v) is 5.26. The Balaban J connectivity index is 0.000000175. The van der Waals surface area contributed by atoms with Crippen molar-refractivity contribution in [2.45, 2.75) is 13.3 Å². The molecule has 24 heavy (non-hydrogen) atoms. The van der Waals surface area contributed by atoms with E-state index in [4.69, 9.17) is 10.2 Å². The highest BCUT2D eigenvalue weighted by Gasteiger charge is 2.11. The molecule has 3 N–H and O–H groups in total. The first-order valence-electron chi connectivity index (χ1n) is 7.47. The zero-order valence-electron chi connectivity index (χ0n) is 13.3. The minimum atomic E-state index is -1.12. The third-order valence-electron chi connectivity index (χ3n) is 3.53. The molecule has 0 amide bonds. The van der Waals surface area contributed by atoms with E-state index >= 15 is 0 Å². The standard InChI is InChI=1S/C9H8O4.C8H11N3/c1-5-2-3-6(8(10)11)4-7(5)9(12)13;1-3-8(7-9-4-1)11-6-2-5-10-11/h2-4H,1H3,(H,10,11)(H,12,13);1,3-4,7,10H,2,5-6H2. The third kappa shape index (κ3) is 4.53. The Morgan fingerprint density at radius 1 is 1.21 bits per heavy atom. The van der Waals surface area contributed by atoms with Crippen LogP contribution in [0.5, 0.6) is 0 Å². The summed E-state index contributed by atoms with van der Waals surface area (Å²) in [5.74, 6) is -2.23. The van der Waals surface area contributed by atoms with E-state index in [1.54, 1.807) is 13.1 Å². The number of hydrazine groups is 1. The van der Waals surface area contributed by atoms with Gasteiger partial charge in [-0.1, -0.05) is 6.07 Å². The number of carboxylic acids is 2. The van der Waals surface area contributed by atoms with Crippen molar-refractivity contribution in [3.8, 4) is 0 Å². The molecule has 7 heteroatoms. The van der Waals surface area contributed by atoms with Crippen LogP contribution < -0.4 is 10.4 Å². The number of rotatable bonds is 3. The normalized spacial score (nSPS) is 13.1. The van der Waals surface area contributed by atoms with Gasteiger partial charge < -0.3 is 15.2 Å². The third-order valence-corrected chi connectivity index (χ3v) is 3.53. The molecule has 0 spiro atoms. The molecule has 1 aliphatic heterocycles. The maximum atomic E-state index is 10.6. The molecule has 3 rings (SSSR count). The highest BCUT2D eigenvalue weighted by atomic mass is 16.4. The molecule has 0 unspecified atom stereocenters. The van der Waals surface area contributed by atoms with E-state index in [-0.39, 0.29) is 11.1 Å². The molecule has 1 aromatic heterocycles. The van der Waals surface area contributed by atoms with Crippen LogP contribution in [0.15, 0.2) is 42.7 Å². The van der Waals surface area contributed by atoms with E-state index in [0.717, 1.165) is 24.8 Å². The van der Waals surface area contributed by atoms with Gasteiger partial charge in [0.05, 0.1) is 23.0 Å². The van der Waals surface area contributed by atoms with Gasteiger partial charge in [-0.2, -0.15) is 0 Å². The second-order valence-electron chi connectivity index (χ2n) is 5.26. The Morgan fingerprint density at radius 3 is 2.54 bits per heavy atom. The summed E-state index contributed by atoms with van der Waals surface area (Å²) in [5, 5.41) is 19.4. The van der Waals surface area contributed by atoms with Crippen molar-refractivity contribution < 1.29 is 19.8 Å². The first kappa shape index (κ1) is 17.4. The molecule has 1 aliphatic rings. The number of carboxylic acid groups (broad SMARTS) is 2. The van der Waals surface area contributed by atoms with Crippen LogP contribution in [0.2, 0.25) is 0 Å². The van der Waals surface area contributed by atoms with Gasteiger partial charge in [0.2, 0.25) is 0 Å². The van der Waals surface area contributed by atoms with Crippen molar-refractivity contribution >= 4 is 17.6 Å². The van der Waals surface area contributed by atoms with Crippen LogP contribution in [0, 0.1) is 6.92 Å². The fourth-order valence-electron chi connectivity index (χ4n) is 2.25. The van der Waals surface area contributed by atoms with Crippen molar-refractivity contribution in [1.29, 1.82) is 0 Å². The summed E-state index contributed by atoms with van der Waals surface area (Å²) in [6.07, 6.45) is 4.88. The highest BCUT2D eigenvalue weighted by Crippen LogP contribution is 2.12. The first-order valence-corrected chi connectivity index (χ1v) is 7.47. The maximum Gasteiger partial charge on any atom is 0.335 e. The molecular weight excluding hydrogens is 310 g/mol. The maximum absolute atomic E-state index is 10.6. The van der Waals surface area contributed by atoms with Crippen LogP contribution in [0.4, 0.5) is 5.69 Å². The van der Waals surface area contributed by atoms with Crippen molar-refractivity contribution in [2.24, 2.45) is 0 Å². The van der Waals surface area contributed by atoms with Crippen molar-refractivity contribution in [3.63, 3.8) is 0 Å². The lowest BCUT2D eigenvalue weighted by Gasteiger charge is -2.16. The molecule has 0 bridgehead atoms. The zero-order chi connectivity index (χ0) is 17.5.